The fourth-order valence-electron chi connectivity index (χ4n) is 3.86. The predicted molar refractivity (Wildman–Crippen MR) is 123 cm³/mol. The molecule has 2 aromatic heterocycles. The summed E-state index contributed by atoms with van der Waals surface area (Å²) in [4.78, 5) is 16.1. The molecule has 30 heavy (non-hydrogen) atoms. The van der Waals surface area contributed by atoms with Gasteiger partial charge in [-0.1, -0.05) is 29.8 Å². The Labute approximate surface area is 189 Å². The third-order valence-corrected chi connectivity index (χ3v) is 6.78. The standard InChI is InChI=1S/C21H24ClN5OS2/c22-16-6-3-5-15(13-16)17(26-9-1-2-10-26)14-23-19(28)8-11-27-20(24-25-21(27)29)18-7-4-12-30-18/h3-7,12-13,17H,1-2,8-11,14H2,(H,23,28)(H,25,29). The molecule has 3 aromatic rings. The van der Waals surface area contributed by atoms with Gasteiger partial charge in [0.1, 0.15) is 0 Å². The lowest BCUT2D eigenvalue weighted by Crippen LogP contribution is -2.37. The van der Waals surface area contributed by atoms with E-state index in [9.17, 15) is 4.79 Å². The summed E-state index contributed by atoms with van der Waals surface area (Å²) in [6, 6.07) is 12.0. The van der Waals surface area contributed by atoms with Crippen molar-refractivity contribution in [3.8, 4) is 10.7 Å². The Morgan fingerprint density at radius 2 is 2.13 bits per heavy atom. The minimum absolute atomic E-state index is 0.00135. The van der Waals surface area contributed by atoms with Crippen LogP contribution in [0.4, 0.5) is 0 Å². The summed E-state index contributed by atoms with van der Waals surface area (Å²) in [5, 5.41) is 13.0. The van der Waals surface area contributed by atoms with Crippen molar-refractivity contribution < 1.29 is 4.79 Å². The molecule has 2 N–H and O–H groups in total. The van der Waals surface area contributed by atoms with Gasteiger partial charge >= 0.3 is 0 Å². The number of halogens is 1. The average Bonchev–Trinajstić information content (AvgIpc) is 3.49. The molecule has 1 aliphatic rings. The zero-order valence-electron chi connectivity index (χ0n) is 16.5. The maximum absolute atomic E-state index is 12.6. The number of likely N-dealkylation sites (tertiary alicyclic amines) is 1. The molecule has 1 atom stereocenters. The minimum Gasteiger partial charge on any atom is -0.354 e. The Morgan fingerprint density at radius 3 is 2.87 bits per heavy atom. The Hall–Kier alpha value is -2.00. The first-order valence-corrected chi connectivity index (χ1v) is 11.7. The molecule has 1 aliphatic heterocycles. The maximum atomic E-state index is 12.6. The number of H-pyrrole nitrogens is 1. The van der Waals surface area contributed by atoms with Crippen LogP contribution in [-0.2, 0) is 11.3 Å². The van der Waals surface area contributed by atoms with E-state index in [2.05, 4.69) is 26.5 Å². The Morgan fingerprint density at radius 1 is 1.30 bits per heavy atom. The summed E-state index contributed by atoms with van der Waals surface area (Å²) in [7, 11) is 0. The van der Waals surface area contributed by atoms with Crippen LogP contribution in [0.1, 0.15) is 30.9 Å². The summed E-state index contributed by atoms with van der Waals surface area (Å²) in [5.41, 5.74) is 1.14. The van der Waals surface area contributed by atoms with Crippen LogP contribution in [0.25, 0.3) is 10.7 Å². The van der Waals surface area contributed by atoms with Gasteiger partial charge in [-0.15, -0.1) is 11.3 Å². The number of aromatic nitrogens is 3. The number of nitrogens with zero attached hydrogens (tertiary/aromatic N) is 3. The Balaban J connectivity index is 1.39. The molecule has 3 heterocycles. The quantitative estimate of drug-likeness (QED) is 0.478. The van der Waals surface area contributed by atoms with Gasteiger partial charge in [-0.25, -0.2) is 0 Å². The summed E-state index contributed by atoms with van der Waals surface area (Å²) >= 11 is 13.2. The highest BCUT2D eigenvalue weighted by molar-refractivity contribution is 7.71. The van der Waals surface area contributed by atoms with E-state index in [1.54, 1.807) is 11.3 Å². The number of thiophene rings is 1. The van der Waals surface area contributed by atoms with Crippen LogP contribution in [0.3, 0.4) is 0 Å². The normalized spacial score (nSPS) is 15.4. The maximum Gasteiger partial charge on any atom is 0.221 e. The molecule has 0 bridgehead atoms. The molecule has 4 rings (SSSR count). The molecule has 6 nitrogen and oxygen atoms in total. The molecule has 1 aromatic carbocycles. The number of carbonyl (C=O) groups is 1. The van der Waals surface area contributed by atoms with E-state index in [4.69, 9.17) is 23.8 Å². The number of nitrogens with one attached hydrogen (secondary N) is 2. The molecule has 0 radical (unpaired) electrons. The van der Waals surface area contributed by atoms with Gasteiger partial charge in [0.05, 0.1) is 10.9 Å². The van der Waals surface area contributed by atoms with E-state index in [1.807, 2.05) is 40.3 Å². The van der Waals surface area contributed by atoms with Gasteiger partial charge in [0.2, 0.25) is 5.91 Å². The zero-order chi connectivity index (χ0) is 20.9. The molecule has 0 aliphatic carbocycles. The molecule has 0 saturated carbocycles. The van der Waals surface area contributed by atoms with Gasteiger partial charge in [-0.2, -0.15) is 5.10 Å². The first kappa shape index (κ1) is 21.2. The fraction of sp³-hybridized carbons (Fsp3) is 0.381. The number of rotatable bonds is 8. The number of hydrogen-bond donors (Lipinski definition) is 2. The van der Waals surface area contributed by atoms with Crippen LogP contribution in [0.5, 0.6) is 0 Å². The number of aromatic amines is 1. The van der Waals surface area contributed by atoms with Crippen molar-refractivity contribution >= 4 is 41.1 Å². The van der Waals surface area contributed by atoms with Gasteiger partial charge in [-0.05, 0) is 67.3 Å². The zero-order valence-corrected chi connectivity index (χ0v) is 18.9. The van der Waals surface area contributed by atoms with Crippen molar-refractivity contribution in [1.82, 2.24) is 25.0 Å². The monoisotopic (exact) mass is 461 g/mol. The van der Waals surface area contributed by atoms with Crippen LogP contribution in [0, 0.1) is 4.77 Å². The number of carbonyl (C=O) groups excluding carboxylic acids is 1. The summed E-state index contributed by atoms with van der Waals surface area (Å²) in [5.74, 6) is 0.776. The molecule has 0 spiro atoms. The highest BCUT2D eigenvalue weighted by Gasteiger charge is 2.24. The van der Waals surface area contributed by atoms with E-state index >= 15 is 0 Å². The number of hydrogen-bond acceptors (Lipinski definition) is 5. The van der Waals surface area contributed by atoms with E-state index < -0.39 is 0 Å². The topological polar surface area (TPSA) is 66.0 Å². The van der Waals surface area contributed by atoms with Crippen LogP contribution in [-0.4, -0.2) is 45.2 Å². The molecular formula is C21H24ClN5OS2. The molecule has 1 amide bonds. The summed E-state index contributed by atoms with van der Waals surface area (Å²) in [6.07, 6.45) is 2.72. The highest BCUT2D eigenvalue weighted by Crippen LogP contribution is 2.27. The van der Waals surface area contributed by atoms with Crippen LogP contribution >= 0.6 is 35.2 Å². The SMILES string of the molecule is O=C(CCn1c(-c2cccs2)n[nH]c1=S)NCC(c1cccc(Cl)c1)N1CCCC1. The fourth-order valence-corrected chi connectivity index (χ4v) is 5.00. The van der Waals surface area contributed by atoms with Gasteiger partial charge in [0.25, 0.3) is 0 Å². The average molecular weight is 462 g/mol. The van der Waals surface area contributed by atoms with Crippen molar-refractivity contribution in [3.63, 3.8) is 0 Å². The third-order valence-electron chi connectivity index (χ3n) is 5.37. The number of amides is 1. The van der Waals surface area contributed by atoms with Gasteiger partial charge in [-0.3, -0.25) is 19.4 Å². The third kappa shape index (κ3) is 5.00. The van der Waals surface area contributed by atoms with Crippen LogP contribution in [0.2, 0.25) is 5.02 Å². The van der Waals surface area contributed by atoms with Crippen molar-refractivity contribution in [2.45, 2.75) is 31.8 Å². The first-order chi connectivity index (χ1) is 14.6. The molecule has 1 saturated heterocycles. The molecular weight excluding hydrogens is 438 g/mol. The molecule has 1 fully saturated rings. The van der Waals surface area contributed by atoms with Crippen molar-refractivity contribution in [2.75, 3.05) is 19.6 Å². The second-order valence-electron chi connectivity index (χ2n) is 7.35. The smallest absolute Gasteiger partial charge is 0.221 e. The minimum atomic E-state index is 0.00135. The van der Waals surface area contributed by atoms with Crippen molar-refractivity contribution in [3.05, 3.63) is 57.1 Å². The second-order valence-corrected chi connectivity index (χ2v) is 9.12. The van der Waals surface area contributed by atoms with E-state index in [-0.39, 0.29) is 11.9 Å². The second kappa shape index (κ2) is 9.87. The Bertz CT molecular complexity index is 1040. The van der Waals surface area contributed by atoms with Crippen molar-refractivity contribution in [2.24, 2.45) is 0 Å². The summed E-state index contributed by atoms with van der Waals surface area (Å²) in [6.45, 7) is 3.14. The van der Waals surface area contributed by atoms with Crippen LogP contribution < -0.4 is 5.32 Å². The van der Waals surface area contributed by atoms with E-state index in [0.29, 0.717) is 24.3 Å². The van der Waals surface area contributed by atoms with E-state index in [0.717, 1.165) is 34.4 Å². The van der Waals surface area contributed by atoms with Gasteiger partial charge in [0.15, 0.2) is 10.6 Å². The summed E-state index contributed by atoms with van der Waals surface area (Å²) < 4.78 is 2.41. The van der Waals surface area contributed by atoms with Crippen molar-refractivity contribution in [1.29, 1.82) is 0 Å². The lowest BCUT2D eigenvalue weighted by atomic mass is 10.1. The van der Waals surface area contributed by atoms with Crippen LogP contribution in [0.15, 0.2) is 41.8 Å². The van der Waals surface area contributed by atoms with Gasteiger partial charge < -0.3 is 5.32 Å². The highest BCUT2D eigenvalue weighted by atomic mass is 35.5. The number of benzene rings is 1. The largest absolute Gasteiger partial charge is 0.354 e. The van der Waals surface area contributed by atoms with E-state index in [1.165, 1.54) is 12.8 Å². The Kier molecular flexibility index (Phi) is 6.99. The molecule has 1 unspecified atom stereocenters. The lowest BCUT2D eigenvalue weighted by molar-refractivity contribution is -0.121. The van der Waals surface area contributed by atoms with Gasteiger partial charge in [0, 0.05) is 24.5 Å². The predicted octanol–water partition coefficient (Wildman–Crippen LogP) is 4.67. The molecule has 9 heteroatoms. The lowest BCUT2D eigenvalue weighted by Gasteiger charge is -2.28. The molecule has 158 valence electrons. The first-order valence-electron chi connectivity index (χ1n) is 10.1.